The van der Waals surface area contributed by atoms with Crippen molar-refractivity contribution in [3.8, 4) is 11.8 Å². The van der Waals surface area contributed by atoms with Crippen LogP contribution in [0.15, 0.2) is 48.5 Å². The summed E-state index contributed by atoms with van der Waals surface area (Å²) in [4.78, 5) is 16.4. The van der Waals surface area contributed by atoms with Crippen LogP contribution in [0.3, 0.4) is 0 Å². The Labute approximate surface area is 158 Å². The summed E-state index contributed by atoms with van der Waals surface area (Å²) in [6.45, 7) is 2.39. The van der Waals surface area contributed by atoms with E-state index in [2.05, 4.69) is 6.07 Å². The average Bonchev–Trinajstić information content (AvgIpc) is 2.71. The van der Waals surface area contributed by atoms with Gasteiger partial charge in [0.05, 0.1) is 19.6 Å². The molecule has 140 valence electrons. The molecule has 27 heavy (non-hydrogen) atoms. The van der Waals surface area contributed by atoms with Crippen LogP contribution < -0.4 is 4.74 Å². The molecule has 0 spiro atoms. The molecule has 0 radical (unpaired) electrons. The lowest BCUT2D eigenvalue weighted by Crippen LogP contribution is -2.49. The molecular weight excluding hydrogens is 345 g/mol. The van der Waals surface area contributed by atoms with Gasteiger partial charge in [0.2, 0.25) is 5.91 Å². The maximum atomic E-state index is 13.1. The molecule has 0 saturated carbocycles. The Bertz CT molecular complexity index is 807. The van der Waals surface area contributed by atoms with E-state index in [4.69, 9.17) is 4.74 Å². The van der Waals surface area contributed by atoms with Gasteiger partial charge in [0.15, 0.2) is 0 Å². The fraction of sp³-hybridized carbons (Fsp3) is 0.333. The second-order valence-corrected chi connectivity index (χ2v) is 6.52. The normalized spacial score (nSPS) is 15.8. The third-order valence-electron chi connectivity index (χ3n) is 4.85. The number of carbonyl (C=O) groups excluding carboxylic acids is 1. The van der Waals surface area contributed by atoms with E-state index < -0.39 is 6.04 Å². The molecule has 2 aromatic rings. The van der Waals surface area contributed by atoms with Gasteiger partial charge >= 0.3 is 0 Å². The van der Waals surface area contributed by atoms with Gasteiger partial charge in [-0.05, 0) is 35.4 Å². The molecule has 6 heteroatoms. The second-order valence-electron chi connectivity index (χ2n) is 6.52. The van der Waals surface area contributed by atoms with Gasteiger partial charge in [-0.3, -0.25) is 9.69 Å². The van der Waals surface area contributed by atoms with E-state index in [1.54, 1.807) is 19.2 Å². The highest BCUT2D eigenvalue weighted by atomic mass is 19.1. The highest BCUT2D eigenvalue weighted by Crippen LogP contribution is 2.22. The SMILES string of the molecule is COc1ccc(CC(=O)N2CCN(C(C#N)c3ccc(F)cc3)CC2)cc1. The van der Waals surface area contributed by atoms with Crippen LogP contribution in [0.1, 0.15) is 17.2 Å². The Morgan fingerprint density at radius 3 is 2.30 bits per heavy atom. The van der Waals surface area contributed by atoms with Crippen LogP contribution in [0.5, 0.6) is 5.75 Å². The molecule has 0 bridgehead atoms. The highest BCUT2D eigenvalue weighted by Gasteiger charge is 2.27. The molecule has 1 heterocycles. The predicted molar refractivity (Wildman–Crippen MR) is 99.6 cm³/mol. The average molecular weight is 367 g/mol. The number of ether oxygens (including phenoxy) is 1. The summed E-state index contributed by atoms with van der Waals surface area (Å²) in [5, 5.41) is 9.54. The van der Waals surface area contributed by atoms with Crippen LogP contribution in [0.4, 0.5) is 4.39 Å². The van der Waals surface area contributed by atoms with Crippen molar-refractivity contribution in [2.75, 3.05) is 33.3 Å². The van der Waals surface area contributed by atoms with E-state index in [-0.39, 0.29) is 11.7 Å². The molecule has 0 aromatic heterocycles. The zero-order chi connectivity index (χ0) is 19.2. The van der Waals surface area contributed by atoms with Gasteiger partial charge < -0.3 is 9.64 Å². The lowest BCUT2D eigenvalue weighted by atomic mass is 10.1. The van der Waals surface area contributed by atoms with Crippen molar-refractivity contribution in [1.29, 1.82) is 5.26 Å². The van der Waals surface area contributed by atoms with Crippen LogP contribution in [0.2, 0.25) is 0 Å². The van der Waals surface area contributed by atoms with Gasteiger partial charge in [0.1, 0.15) is 17.6 Å². The molecular formula is C21H22FN3O2. The molecule has 1 saturated heterocycles. The Morgan fingerprint density at radius 2 is 1.74 bits per heavy atom. The maximum absolute atomic E-state index is 13.1. The first-order valence-corrected chi connectivity index (χ1v) is 8.90. The molecule has 0 aliphatic carbocycles. The topological polar surface area (TPSA) is 56.6 Å². The van der Waals surface area contributed by atoms with Crippen LogP contribution >= 0.6 is 0 Å². The third kappa shape index (κ3) is 4.63. The van der Waals surface area contributed by atoms with E-state index in [1.165, 1.54) is 12.1 Å². The van der Waals surface area contributed by atoms with E-state index in [1.807, 2.05) is 34.1 Å². The number of amides is 1. The van der Waals surface area contributed by atoms with E-state index in [0.717, 1.165) is 16.9 Å². The number of rotatable bonds is 5. The Hall–Kier alpha value is -2.91. The summed E-state index contributed by atoms with van der Waals surface area (Å²) >= 11 is 0. The summed E-state index contributed by atoms with van der Waals surface area (Å²) in [7, 11) is 1.61. The van der Waals surface area contributed by atoms with Crippen molar-refractivity contribution >= 4 is 5.91 Å². The molecule has 1 aliphatic heterocycles. The van der Waals surface area contributed by atoms with Crippen LogP contribution in [0.25, 0.3) is 0 Å². The molecule has 2 aromatic carbocycles. The lowest BCUT2D eigenvalue weighted by molar-refractivity contribution is -0.132. The lowest BCUT2D eigenvalue weighted by Gasteiger charge is -2.37. The molecule has 1 amide bonds. The molecule has 5 nitrogen and oxygen atoms in total. The maximum Gasteiger partial charge on any atom is 0.227 e. The Balaban J connectivity index is 1.56. The second kappa shape index (κ2) is 8.65. The Morgan fingerprint density at radius 1 is 1.11 bits per heavy atom. The minimum atomic E-state index is -0.426. The predicted octanol–water partition coefficient (Wildman–Crippen LogP) is 2.79. The molecule has 3 rings (SSSR count). The van der Waals surface area contributed by atoms with Gasteiger partial charge in [-0.1, -0.05) is 24.3 Å². The monoisotopic (exact) mass is 367 g/mol. The standard InChI is InChI=1S/C21H22FN3O2/c1-27-19-8-2-16(3-9-19)14-21(26)25-12-10-24(11-13-25)20(15-23)17-4-6-18(22)7-5-17/h2-9,20H,10-14H2,1H3. The van der Waals surface area contributed by atoms with Crippen molar-refractivity contribution < 1.29 is 13.9 Å². The molecule has 1 aliphatic rings. The van der Waals surface area contributed by atoms with E-state index in [9.17, 15) is 14.4 Å². The van der Waals surface area contributed by atoms with E-state index >= 15 is 0 Å². The van der Waals surface area contributed by atoms with Gasteiger partial charge in [0, 0.05) is 26.2 Å². The van der Waals surface area contributed by atoms with Gasteiger partial charge in [-0.15, -0.1) is 0 Å². The van der Waals surface area contributed by atoms with Crippen molar-refractivity contribution in [3.05, 3.63) is 65.5 Å². The number of benzene rings is 2. The summed E-state index contributed by atoms with van der Waals surface area (Å²) in [5.74, 6) is 0.530. The van der Waals surface area contributed by atoms with Gasteiger partial charge in [-0.2, -0.15) is 5.26 Å². The molecule has 1 unspecified atom stereocenters. The smallest absolute Gasteiger partial charge is 0.227 e. The van der Waals surface area contributed by atoms with Crippen molar-refractivity contribution in [1.82, 2.24) is 9.80 Å². The van der Waals surface area contributed by atoms with Crippen LogP contribution in [-0.4, -0.2) is 49.0 Å². The largest absolute Gasteiger partial charge is 0.497 e. The van der Waals surface area contributed by atoms with Gasteiger partial charge in [0.25, 0.3) is 0 Å². The van der Waals surface area contributed by atoms with E-state index in [0.29, 0.717) is 32.6 Å². The minimum absolute atomic E-state index is 0.0788. The van der Waals surface area contributed by atoms with Crippen molar-refractivity contribution in [2.45, 2.75) is 12.5 Å². The molecule has 1 fully saturated rings. The summed E-state index contributed by atoms with van der Waals surface area (Å²) in [6.07, 6.45) is 0.351. The van der Waals surface area contributed by atoms with Gasteiger partial charge in [-0.25, -0.2) is 4.39 Å². The van der Waals surface area contributed by atoms with Crippen LogP contribution in [-0.2, 0) is 11.2 Å². The number of carbonyl (C=O) groups is 1. The fourth-order valence-electron chi connectivity index (χ4n) is 3.27. The zero-order valence-electron chi connectivity index (χ0n) is 15.3. The summed E-state index contributed by atoms with van der Waals surface area (Å²) in [5.41, 5.74) is 1.72. The highest BCUT2D eigenvalue weighted by molar-refractivity contribution is 5.79. The summed E-state index contributed by atoms with van der Waals surface area (Å²) in [6, 6.07) is 15.4. The molecule has 0 N–H and O–H groups in total. The Kier molecular flexibility index (Phi) is 6.05. The number of nitrogens with zero attached hydrogens (tertiary/aromatic N) is 3. The molecule has 1 atom stereocenters. The number of hydrogen-bond acceptors (Lipinski definition) is 4. The number of nitriles is 1. The summed E-state index contributed by atoms with van der Waals surface area (Å²) < 4.78 is 18.2. The minimum Gasteiger partial charge on any atom is -0.497 e. The number of halogens is 1. The fourth-order valence-corrected chi connectivity index (χ4v) is 3.27. The first-order valence-electron chi connectivity index (χ1n) is 8.90. The zero-order valence-corrected chi connectivity index (χ0v) is 15.3. The van der Waals surface area contributed by atoms with Crippen LogP contribution in [0, 0.1) is 17.1 Å². The first kappa shape index (κ1) is 18.9. The number of piperazine rings is 1. The van der Waals surface area contributed by atoms with Crippen molar-refractivity contribution in [2.24, 2.45) is 0 Å². The third-order valence-corrected chi connectivity index (χ3v) is 4.85. The number of methoxy groups -OCH3 is 1. The number of hydrogen-bond donors (Lipinski definition) is 0. The van der Waals surface area contributed by atoms with Crippen molar-refractivity contribution in [3.63, 3.8) is 0 Å². The first-order chi connectivity index (χ1) is 13.1. The quantitative estimate of drug-likeness (QED) is 0.815.